The molecule has 3 heterocycles. The van der Waals surface area contributed by atoms with E-state index in [0.29, 0.717) is 48.9 Å². The van der Waals surface area contributed by atoms with Gasteiger partial charge in [0.15, 0.2) is 11.9 Å². The molecule has 4 N–H and O–H groups in total. The molecule has 7 atom stereocenters. The molecule has 3 fully saturated rings. The molecule has 3 aliphatic rings. The molecular weight excluding hydrogens is 626 g/mol. The molecule has 12 heteroatoms. The summed E-state index contributed by atoms with van der Waals surface area (Å²) in [5.74, 6) is 0.0927. The van der Waals surface area contributed by atoms with E-state index in [4.69, 9.17) is 18.6 Å². The Morgan fingerprint density at radius 1 is 0.980 bits per heavy atom. The third kappa shape index (κ3) is 7.73. The predicted octanol–water partition coefficient (Wildman–Crippen LogP) is 4.50. The zero-order chi connectivity index (χ0) is 33.9. The summed E-state index contributed by atoms with van der Waals surface area (Å²) in [7, 11) is 0. The van der Waals surface area contributed by atoms with Gasteiger partial charge in [0.1, 0.15) is 11.6 Å². The number of nitrogens with zero attached hydrogens (tertiary/aromatic N) is 2. The van der Waals surface area contributed by atoms with Gasteiger partial charge in [-0.15, -0.1) is 0 Å². The molecule has 0 spiro atoms. The van der Waals surface area contributed by atoms with Crippen molar-refractivity contribution in [3.05, 3.63) is 95.6 Å². The molecule has 2 saturated heterocycles. The van der Waals surface area contributed by atoms with Gasteiger partial charge in [-0.3, -0.25) is 10.2 Å². The molecular formula is C37H43N5O7. The number of hydrogen-bond acceptors (Lipinski definition) is 10. The van der Waals surface area contributed by atoms with Crippen molar-refractivity contribution in [1.82, 2.24) is 20.7 Å². The number of hydrogen-bond donors (Lipinski definition) is 4. The highest BCUT2D eigenvalue weighted by Crippen LogP contribution is 2.49. The number of benzene rings is 3. The maximum atomic E-state index is 13.6. The van der Waals surface area contributed by atoms with Crippen LogP contribution in [-0.2, 0) is 27.2 Å². The Hall–Kier alpha value is -4.49. The van der Waals surface area contributed by atoms with Crippen LogP contribution in [0.2, 0.25) is 0 Å². The second-order valence-corrected chi connectivity index (χ2v) is 13.5. The van der Waals surface area contributed by atoms with E-state index in [1.807, 2.05) is 74.5 Å². The average molecular weight is 670 g/mol. The summed E-state index contributed by atoms with van der Waals surface area (Å²) in [5.41, 5.74) is 6.33. The van der Waals surface area contributed by atoms with Crippen LogP contribution in [0.3, 0.4) is 0 Å². The van der Waals surface area contributed by atoms with Crippen molar-refractivity contribution in [3.8, 4) is 0 Å². The lowest BCUT2D eigenvalue weighted by molar-refractivity contribution is -0.169. The number of aliphatic hydroxyl groups excluding tert-OH is 1. The molecule has 7 rings (SSSR count). The van der Waals surface area contributed by atoms with Crippen molar-refractivity contribution in [2.24, 2.45) is 17.8 Å². The Labute approximate surface area is 285 Å². The molecule has 7 unspecified atom stereocenters. The Kier molecular flexibility index (Phi) is 9.81. The van der Waals surface area contributed by atoms with Crippen molar-refractivity contribution < 1.29 is 33.3 Å². The van der Waals surface area contributed by atoms with Gasteiger partial charge in [0, 0.05) is 42.4 Å². The lowest BCUT2D eigenvalue weighted by Gasteiger charge is -2.31. The summed E-state index contributed by atoms with van der Waals surface area (Å²) < 4.78 is 23.5. The summed E-state index contributed by atoms with van der Waals surface area (Å²) in [6.07, 6.45) is -0.923. The van der Waals surface area contributed by atoms with Crippen molar-refractivity contribution in [3.63, 3.8) is 0 Å². The number of ether oxygens (including phenoxy) is 3. The van der Waals surface area contributed by atoms with Gasteiger partial charge < -0.3 is 34.4 Å². The quantitative estimate of drug-likeness (QED) is 0.150. The molecule has 2 amide bonds. The SMILES string of the molecule is CC(C)Nc1nc2ccc(C(=O)NN(Cc3ccccc3)CC(O)C(Cc3ccccc3)NC(=O)OC3C4COC5OCC3C5C4)cc2o1. The summed E-state index contributed by atoms with van der Waals surface area (Å²) in [5, 5.41) is 19.5. The van der Waals surface area contributed by atoms with Gasteiger partial charge in [-0.05, 0) is 56.0 Å². The number of rotatable bonds is 13. The van der Waals surface area contributed by atoms with E-state index in [1.165, 1.54) is 0 Å². The van der Waals surface area contributed by atoms with Crippen LogP contribution in [0.5, 0.6) is 0 Å². The van der Waals surface area contributed by atoms with E-state index in [1.54, 1.807) is 23.2 Å². The molecule has 12 nitrogen and oxygen atoms in total. The van der Waals surface area contributed by atoms with Gasteiger partial charge in [0.2, 0.25) is 0 Å². The summed E-state index contributed by atoms with van der Waals surface area (Å²) >= 11 is 0. The molecule has 1 aromatic heterocycles. The predicted molar refractivity (Wildman–Crippen MR) is 181 cm³/mol. The number of hydrazine groups is 1. The molecule has 4 aromatic rings. The number of fused-ring (bicyclic) bond motifs is 2. The lowest BCUT2D eigenvalue weighted by atomic mass is 9.98. The van der Waals surface area contributed by atoms with Gasteiger partial charge in [-0.2, -0.15) is 4.98 Å². The van der Waals surface area contributed by atoms with E-state index in [0.717, 1.165) is 17.5 Å². The van der Waals surface area contributed by atoms with Crippen molar-refractivity contribution >= 4 is 29.1 Å². The van der Waals surface area contributed by atoms with Crippen molar-refractivity contribution in [2.45, 2.75) is 63.8 Å². The molecule has 2 bridgehead atoms. The largest absolute Gasteiger partial charge is 0.445 e. The van der Waals surface area contributed by atoms with E-state index in [9.17, 15) is 14.7 Å². The Morgan fingerprint density at radius 2 is 1.71 bits per heavy atom. The summed E-state index contributed by atoms with van der Waals surface area (Å²) in [6, 6.07) is 24.2. The topological polar surface area (TPSA) is 147 Å². The standard InChI is InChI=1S/C37H43N5O7/c1-22(2)38-36-39-29-14-13-25(17-32(29)48-36)34(44)41-42(18-24-11-7-4-8-12-24)19-31(43)30(15-23-9-5-3-6-10-23)40-37(45)49-33-26-16-27-28(33)21-47-35(27)46-20-26/h3-14,17,22,26-28,30-31,33,35,43H,15-16,18-21H2,1-2H3,(H,38,39)(H,40,45)(H,41,44). The number of nitrogens with one attached hydrogen (secondary N) is 3. The molecule has 3 aromatic carbocycles. The van der Waals surface area contributed by atoms with Crippen LogP contribution in [0.4, 0.5) is 10.8 Å². The zero-order valence-corrected chi connectivity index (χ0v) is 27.7. The number of carbonyl (C=O) groups excluding carboxylic acids is 2. The van der Waals surface area contributed by atoms with Crippen molar-refractivity contribution in [1.29, 1.82) is 0 Å². The van der Waals surface area contributed by atoms with Gasteiger partial charge in [0.05, 0.1) is 25.4 Å². The highest BCUT2D eigenvalue weighted by atomic mass is 16.7. The molecule has 1 saturated carbocycles. The number of anilines is 1. The second kappa shape index (κ2) is 14.6. The Morgan fingerprint density at radius 3 is 2.47 bits per heavy atom. The monoisotopic (exact) mass is 669 g/mol. The van der Waals surface area contributed by atoms with Crippen molar-refractivity contribution in [2.75, 3.05) is 25.1 Å². The third-order valence-corrected chi connectivity index (χ3v) is 9.54. The van der Waals surface area contributed by atoms with Gasteiger partial charge in [-0.25, -0.2) is 9.80 Å². The average Bonchev–Trinajstić information content (AvgIpc) is 3.76. The molecule has 258 valence electrons. The summed E-state index contributed by atoms with van der Waals surface area (Å²) in [6.45, 7) is 5.31. The normalized spacial score (nSPS) is 23.8. The lowest BCUT2D eigenvalue weighted by Crippen LogP contribution is -2.53. The highest BCUT2D eigenvalue weighted by Gasteiger charge is 2.56. The first kappa shape index (κ1) is 33.0. The van der Waals surface area contributed by atoms with E-state index < -0.39 is 18.2 Å². The maximum Gasteiger partial charge on any atom is 0.407 e. The van der Waals surface area contributed by atoms with Crippen LogP contribution in [0, 0.1) is 17.8 Å². The first-order valence-corrected chi connectivity index (χ1v) is 17.0. The zero-order valence-electron chi connectivity index (χ0n) is 27.7. The minimum Gasteiger partial charge on any atom is -0.445 e. The van der Waals surface area contributed by atoms with E-state index >= 15 is 0 Å². The highest BCUT2D eigenvalue weighted by molar-refractivity contribution is 5.96. The van der Waals surface area contributed by atoms with Crippen LogP contribution in [0.15, 0.2) is 83.3 Å². The third-order valence-electron chi connectivity index (χ3n) is 9.54. The van der Waals surface area contributed by atoms with E-state index in [-0.39, 0.29) is 48.6 Å². The van der Waals surface area contributed by atoms with Crippen LogP contribution >= 0.6 is 0 Å². The number of carbonyl (C=O) groups is 2. The van der Waals surface area contributed by atoms with Crippen LogP contribution in [0.1, 0.15) is 41.8 Å². The Balaban J connectivity index is 1.07. The first-order chi connectivity index (χ1) is 23.8. The first-order valence-electron chi connectivity index (χ1n) is 17.0. The fraction of sp³-hybridized carbons (Fsp3) is 0.432. The van der Waals surface area contributed by atoms with Crippen LogP contribution < -0.4 is 16.1 Å². The number of alkyl carbamates (subject to hydrolysis) is 1. The van der Waals surface area contributed by atoms with Gasteiger partial charge >= 0.3 is 6.09 Å². The number of aliphatic hydroxyl groups is 1. The minimum atomic E-state index is -1.08. The molecule has 49 heavy (non-hydrogen) atoms. The minimum absolute atomic E-state index is 0.0194. The van der Waals surface area contributed by atoms with Crippen LogP contribution in [0.25, 0.3) is 11.1 Å². The fourth-order valence-electron chi connectivity index (χ4n) is 7.20. The number of oxazole rings is 1. The molecule has 0 radical (unpaired) electrons. The molecule has 1 aliphatic carbocycles. The maximum absolute atomic E-state index is 13.6. The second-order valence-electron chi connectivity index (χ2n) is 13.5. The Bertz CT molecular complexity index is 1740. The van der Waals surface area contributed by atoms with Crippen LogP contribution in [-0.4, -0.2) is 77.4 Å². The van der Waals surface area contributed by atoms with Gasteiger partial charge in [-0.1, -0.05) is 60.7 Å². The number of amides is 2. The number of aromatic nitrogens is 1. The smallest absolute Gasteiger partial charge is 0.407 e. The summed E-state index contributed by atoms with van der Waals surface area (Å²) in [4.78, 5) is 31.5. The molecule has 2 aliphatic heterocycles. The fourth-order valence-corrected chi connectivity index (χ4v) is 7.20. The van der Waals surface area contributed by atoms with E-state index in [2.05, 4.69) is 21.0 Å². The van der Waals surface area contributed by atoms with Gasteiger partial charge in [0.25, 0.3) is 11.9 Å².